The summed E-state index contributed by atoms with van der Waals surface area (Å²) >= 11 is 0. The predicted molar refractivity (Wildman–Crippen MR) is 133 cm³/mol. The lowest BCUT2D eigenvalue weighted by Crippen LogP contribution is -2.51. The van der Waals surface area contributed by atoms with E-state index in [1.807, 2.05) is 24.0 Å². The van der Waals surface area contributed by atoms with Crippen molar-refractivity contribution in [1.29, 1.82) is 0 Å². The average molecular weight is 546 g/mol. The van der Waals surface area contributed by atoms with E-state index in [-0.39, 0.29) is 36.9 Å². The van der Waals surface area contributed by atoms with Crippen LogP contribution in [0.25, 0.3) is 16.6 Å². The molecule has 3 heterocycles. The van der Waals surface area contributed by atoms with Crippen molar-refractivity contribution in [2.24, 2.45) is 13.0 Å². The van der Waals surface area contributed by atoms with Gasteiger partial charge in [0.15, 0.2) is 0 Å². The normalized spacial score (nSPS) is 22.2. The Morgan fingerprint density at radius 1 is 1.08 bits per heavy atom. The van der Waals surface area contributed by atoms with Crippen LogP contribution in [0.1, 0.15) is 23.6 Å². The minimum Gasteiger partial charge on any atom is -0.293 e. The van der Waals surface area contributed by atoms with Gasteiger partial charge in [-0.15, -0.1) is 5.10 Å². The van der Waals surface area contributed by atoms with Crippen LogP contribution in [-0.2, 0) is 17.1 Å². The van der Waals surface area contributed by atoms with Crippen molar-refractivity contribution < 1.29 is 21.6 Å². The van der Waals surface area contributed by atoms with Crippen molar-refractivity contribution in [3.8, 4) is 5.69 Å². The highest BCUT2D eigenvalue weighted by Crippen LogP contribution is 2.50. The molecule has 9 nitrogen and oxygen atoms in total. The number of hydrogen-bond acceptors (Lipinski definition) is 6. The fraction of sp³-hybridized carbons (Fsp3) is 0.400. The molecule has 0 bridgehead atoms. The molecule has 2 atom stereocenters. The SMILES string of the molecule is Cc1cc2c(cnn2-c2ccc(F)cc2)cc1C1CN(S(=O)(=O)c2cnn(C)n2)CCN1CC1CC1(F)F. The van der Waals surface area contributed by atoms with E-state index >= 15 is 0 Å². The molecule has 38 heavy (non-hydrogen) atoms. The maximum absolute atomic E-state index is 13.9. The Hall–Kier alpha value is -3.29. The first kappa shape index (κ1) is 25.0. The van der Waals surface area contributed by atoms with E-state index in [1.165, 1.54) is 27.4 Å². The summed E-state index contributed by atoms with van der Waals surface area (Å²) in [6, 6.07) is 9.45. The summed E-state index contributed by atoms with van der Waals surface area (Å²) < 4.78 is 70.9. The van der Waals surface area contributed by atoms with Gasteiger partial charge < -0.3 is 0 Å². The zero-order valence-electron chi connectivity index (χ0n) is 20.8. The first-order valence-electron chi connectivity index (χ1n) is 12.3. The van der Waals surface area contributed by atoms with Crippen LogP contribution in [0.4, 0.5) is 13.2 Å². The van der Waals surface area contributed by atoms with Gasteiger partial charge in [0.1, 0.15) is 5.82 Å². The Morgan fingerprint density at radius 2 is 1.82 bits per heavy atom. The highest BCUT2D eigenvalue weighted by molar-refractivity contribution is 7.89. The number of hydrogen-bond donors (Lipinski definition) is 0. The summed E-state index contributed by atoms with van der Waals surface area (Å²) in [5, 5.41) is 13.0. The van der Waals surface area contributed by atoms with E-state index in [2.05, 4.69) is 15.3 Å². The largest absolute Gasteiger partial charge is 0.293 e. The Labute approximate surface area is 217 Å². The standard InChI is InChI=1S/C25H26F3N7O2S/c1-16-9-22-17(12-30-35(22)20-5-3-19(26)4-6-20)10-21(16)23-15-34(38(36,37)24-13-29-32(2)31-24)8-7-33(23)14-18-11-25(18,27)28/h3-6,9-10,12-13,18,23H,7-8,11,14-15H2,1-2H3. The van der Waals surface area contributed by atoms with E-state index in [9.17, 15) is 21.6 Å². The van der Waals surface area contributed by atoms with E-state index in [4.69, 9.17) is 0 Å². The maximum Gasteiger partial charge on any atom is 0.264 e. The molecule has 0 N–H and O–H groups in total. The first-order chi connectivity index (χ1) is 18.0. The second kappa shape index (κ2) is 8.89. The molecule has 2 aromatic heterocycles. The smallest absolute Gasteiger partial charge is 0.264 e. The summed E-state index contributed by atoms with van der Waals surface area (Å²) in [4.78, 5) is 3.15. The molecule has 4 aromatic rings. The Kier molecular flexibility index (Phi) is 5.85. The molecule has 1 aliphatic heterocycles. The third-order valence-electron chi connectivity index (χ3n) is 7.43. The van der Waals surface area contributed by atoms with Crippen molar-refractivity contribution in [2.45, 2.75) is 30.3 Å². The van der Waals surface area contributed by atoms with Crippen molar-refractivity contribution >= 4 is 20.9 Å². The molecule has 200 valence electrons. The second-order valence-corrected chi connectivity index (χ2v) is 11.9. The highest BCUT2D eigenvalue weighted by Gasteiger charge is 2.57. The number of aromatic nitrogens is 5. The van der Waals surface area contributed by atoms with Gasteiger partial charge in [0.05, 0.1) is 23.6 Å². The molecule has 0 amide bonds. The minimum absolute atomic E-state index is 0.0929. The van der Waals surface area contributed by atoms with Crippen LogP contribution < -0.4 is 0 Å². The number of alkyl halides is 2. The van der Waals surface area contributed by atoms with Crippen LogP contribution in [0.5, 0.6) is 0 Å². The minimum atomic E-state index is -3.92. The molecule has 6 rings (SSSR count). The van der Waals surface area contributed by atoms with Gasteiger partial charge in [-0.05, 0) is 54.4 Å². The van der Waals surface area contributed by atoms with Gasteiger partial charge in [-0.1, -0.05) is 0 Å². The summed E-state index contributed by atoms with van der Waals surface area (Å²) in [5.74, 6) is -3.76. The van der Waals surface area contributed by atoms with Gasteiger partial charge >= 0.3 is 0 Å². The molecule has 1 aliphatic carbocycles. The topological polar surface area (TPSA) is 89.2 Å². The fourth-order valence-corrected chi connectivity index (χ4v) is 6.52. The van der Waals surface area contributed by atoms with Gasteiger partial charge in [0, 0.05) is 57.0 Å². The predicted octanol–water partition coefficient (Wildman–Crippen LogP) is 3.30. The zero-order chi connectivity index (χ0) is 26.8. The van der Waals surface area contributed by atoms with Gasteiger partial charge in [-0.2, -0.15) is 19.3 Å². The number of halogens is 3. The highest BCUT2D eigenvalue weighted by atomic mass is 32.2. The molecular formula is C25H26F3N7O2S. The molecule has 13 heteroatoms. The molecule has 0 radical (unpaired) electrons. The van der Waals surface area contributed by atoms with E-state index in [0.717, 1.165) is 22.0 Å². The monoisotopic (exact) mass is 545 g/mol. The molecule has 1 saturated heterocycles. The Morgan fingerprint density at radius 3 is 2.47 bits per heavy atom. The molecule has 0 spiro atoms. The van der Waals surface area contributed by atoms with Gasteiger partial charge in [-0.25, -0.2) is 26.3 Å². The molecule has 2 unspecified atom stereocenters. The van der Waals surface area contributed by atoms with Crippen LogP contribution in [0.3, 0.4) is 0 Å². The van der Waals surface area contributed by atoms with Crippen LogP contribution >= 0.6 is 0 Å². The number of fused-ring (bicyclic) bond motifs is 1. The van der Waals surface area contributed by atoms with E-state index in [1.54, 1.807) is 30.1 Å². The zero-order valence-corrected chi connectivity index (χ0v) is 21.6. The third kappa shape index (κ3) is 4.37. The quantitative estimate of drug-likeness (QED) is 0.370. The number of rotatable bonds is 6. The number of sulfonamides is 1. The second-order valence-electron chi connectivity index (χ2n) is 10.0. The molecule has 2 fully saturated rings. The van der Waals surface area contributed by atoms with Crippen molar-refractivity contribution in [3.63, 3.8) is 0 Å². The lowest BCUT2D eigenvalue weighted by Gasteiger charge is -2.41. The number of nitrogens with zero attached hydrogens (tertiary/aromatic N) is 7. The number of aryl methyl sites for hydroxylation is 2. The lowest BCUT2D eigenvalue weighted by atomic mass is 9.96. The number of benzene rings is 2. The summed E-state index contributed by atoms with van der Waals surface area (Å²) in [6.07, 6.45) is 2.75. The van der Waals surface area contributed by atoms with Crippen LogP contribution in [0.15, 0.2) is 53.8 Å². The summed E-state index contributed by atoms with van der Waals surface area (Å²) in [5.41, 5.74) is 3.22. The van der Waals surface area contributed by atoms with Gasteiger partial charge in [0.25, 0.3) is 15.9 Å². The van der Waals surface area contributed by atoms with Crippen molar-refractivity contribution in [3.05, 3.63) is 65.7 Å². The van der Waals surface area contributed by atoms with Crippen LogP contribution in [0.2, 0.25) is 0 Å². The average Bonchev–Trinajstić information content (AvgIpc) is 3.20. The van der Waals surface area contributed by atoms with Crippen molar-refractivity contribution in [2.75, 3.05) is 26.2 Å². The van der Waals surface area contributed by atoms with E-state index in [0.29, 0.717) is 12.2 Å². The molecular weight excluding hydrogens is 519 g/mol. The van der Waals surface area contributed by atoms with Crippen LogP contribution in [0, 0.1) is 18.7 Å². The first-order valence-corrected chi connectivity index (χ1v) is 13.7. The van der Waals surface area contributed by atoms with Crippen molar-refractivity contribution in [1.82, 2.24) is 34.0 Å². The Bertz CT molecular complexity index is 1620. The molecule has 2 aromatic carbocycles. The van der Waals surface area contributed by atoms with Gasteiger partial charge in [0.2, 0.25) is 5.03 Å². The number of piperazine rings is 1. The third-order valence-corrected chi connectivity index (χ3v) is 9.16. The fourth-order valence-electron chi connectivity index (χ4n) is 5.20. The van der Waals surface area contributed by atoms with E-state index < -0.39 is 27.9 Å². The maximum atomic E-state index is 13.9. The summed E-state index contributed by atoms with van der Waals surface area (Å²) in [7, 11) is -2.37. The molecule has 1 saturated carbocycles. The molecule has 2 aliphatic rings. The summed E-state index contributed by atoms with van der Waals surface area (Å²) in [6.45, 7) is 2.66. The van der Waals surface area contributed by atoms with Crippen LogP contribution in [-0.4, -0.2) is 74.5 Å². The Balaban J connectivity index is 1.37. The van der Waals surface area contributed by atoms with Gasteiger partial charge in [-0.3, -0.25) is 4.90 Å². The lowest BCUT2D eigenvalue weighted by molar-refractivity contribution is 0.0634.